The van der Waals surface area contributed by atoms with Crippen LogP contribution in [0.3, 0.4) is 0 Å². The molecule has 0 spiro atoms. The van der Waals surface area contributed by atoms with Crippen molar-refractivity contribution < 1.29 is 9.53 Å². The summed E-state index contributed by atoms with van der Waals surface area (Å²) in [7, 11) is 1.37. The molecule has 0 radical (unpaired) electrons. The zero-order valence-electron chi connectivity index (χ0n) is 11.7. The van der Waals surface area contributed by atoms with Crippen molar-refractivity contribution >= 4 is 23.4 Å². The summed E-state index contributed by atoms with van der Waals surface area (Å²) in [5, 5.41) is 3.50. The van der Waals surface area contributed by atoms with Crippen molar-refractivity contribution in [2.45, 2.75) is 25.4 Å². The lowest BCUT2D eigenvalue weighted by Gasteiger charge is -2.21. The Bertz CT molecular complexity index is 493. The van der Waals surface area contributed by atoms with Gasteiger partial charge < -0.3 is 20.7 Å². The Morgan fingerprint density at radius 3 is 2.95 bits per heavy atom. The Morgan fingerprint density at radius 2 is 2.35 bits per heavy atom. The van der Waals surface area contributed by atoms with Crippen LogP contribution in [0.25, 0.3) is 0 Å². The van der Waals surface area contributed by atoms with Crippen LogP contribution in [0.15, 0.2) is 18.2 Å². The van der Waals surface area contributed by atoms with E-state index in [4.69, 9.17) is 17.3 Å². The molecule has 1 aromatic rings. The van der Waals surface area contributed by atoms with Crippen LogP contribution in [0.4, 0.5) is 10.5 Å². The largest absolute Gasteiger partial charge is 0.453 e. The van der Waals surface area contributed by atoms with Crippen molar-refractivity contribution in [1.82, 2.24) is 5.32 Å². The Hall–Kier alpha value is -1.46. The van der Waals surface area contributed by atoms with Crippen LogP contribution >= 0.6 is 11.6 Å². The number of ether oxygens (including phenoxy) is 1. The topological polar surface area (TPSA) is 67.6 Å². The highest BCUT2D eigenvalue weighted by Crippen LogP contribution is 2.30. The minimum atomic E-state index is -0.393. The number of alkyl carbamates (subject to hydrolysis) is 1. The molecular formula is C14H20ClN3O2. The second-order valence-corrected chi connectivity index (χ2v) is 5.47. The molecule has 5 nitrogen and oxygen atoms in total. The molecule has 1 fully saturated rings. The second kappa shape index (κ2) is 6.33. The van der Waals surface area contributed by atoms with Crippen molar-refractivity contribution in [2.24, 2.45) is 5.73 Å². The molecule has 0 bridgehead atoms. The molecule has 0 aliphatic carbocycles. The van der Waals surface area contributed by atoms with Gasteiger partial charge in [-0.1, -0.05) is 17.7 Å². The molecule has 1 amide bonds. The first-order chi connectivity index (χ1) is 9.51. The van der Waals surface area contributed by atoms with Crippen LogP contribution in [-0.4, -0.2) is 32.3 Å². The SMILES string of the molecule is COC(=O)NC1CCN(c2ccc(C(C)N)cc2Cl)C1. The summed E-state index contributed by atoms with van der Waals surface area (Å²) in [5.74, 6) is 0. The van der Waals surface area contributed by atoms with Gasteiger partial charge in [-0.25, -0.2) is 4.79 Å². The summed E-state index contributed by atoms with van der Waals surface area (Å²) in [4.78, 5) is 13.4. The number of halogens is 1. The third kappa shape index (κ3) is 3.35. The summed E-state index contributed by atoms with van der Waals surface area (Å²) < 4.78 is 4.61. The lowest BCUT2D eigenvalue weighted by Crippen LogP contribution is -2.37. The van der Waals surface area contributed by atoms with Crippen molar-refractivity contribution in [3.63, 3.8) is 0 Å². The van der Waals surface area contributed by atoms with Crippen LogP contribution in [-0.2, 0) is 4.74 Å². The van der Waals surface area contributed by atoms with E-state index in [0.717, 1.165) is 30.8 Å². The molecule has 1 heterocycles. The first-order valence-electron chi connectivity index (χ1n) is 6.65. The van der Waals surface area contributed by atoms with Gasteiger partial charge >= 0.3 is 6.09 Å². The molecular weight excluding hydrogens is 278 g/mol. The maximum Gasteiger partial charge on any atom is 0.407 e. The van der Waals surface area contributed by atoms with Gasteiger partial charge in [0.1, 0.15) is 0 Å². The molecule has 2 unspecified atom stereocenters. The Balaban J connectivity index is 2.04. The van der Waals surface area contributed by atoms with E-state index in [1.165, 1.54) is 7.11 Å². The molecule has 1 aromatic carbocycles. The molecule has 110 valence electrons. The van der Waals surface area contributed by atoms with Gasteiger partial charge in [0.05, 0.1) is 23.9 Å². The smallest absolute Gasteiger partial charge is 0.407 e. The minimum absolute atomic E-state index is 0.0335. The zero-order chi connectivity index (χ0) is 14.7. The standard InChI is InChI=1S/C14H20ClN3O2/c1-9(16)10-3-4-13(12(15)7-10)18-6-5-11(8-18)17-14(19)20-2/h3-4,7,9,11H,5-6,8,16H2,1-2H3,(H,17,19). The van der Waals surface area contributed by atoms with Crippen LogP contribution in [0.5, 0.6) is 0 Å². The lowest BCUT2D eigenvalue weighted by atomic mass is 10.1. The normalized spacial score (nSPS) is 19.8. The lowest BCUT2D eigenvalue weighted by molar-refractivity contribution is 0.167. The number of nitrogens with zero attached hydrogens (tertiary/aromatic N) is 1. The van der Waals surface area contributed by atoms with E-state index >= 15 is 0 Å². The minimum Gasteiger partial charge on any atom is -0.453 e. The first-order valence-corrected chi connectivity index (χ1v) is 7.03. The van der Waals surface area contributed by atoms with Gasteiger partial charge in [-0.05, 0) is 31.0 Å². The van der Waals surface area contributed by atoms with Crippen molar-refractivity contribution in [1.29, 1.82) is 0 Å². The summed E-state index contributed by atoms with van der Waals surface area (Å²) in [6, 6.07) is 5.94. The van der Waals surface area contributed by atoms with Crippen molar-refractivity contribution in [2.75, 3.05) is 25.1 Å². The number of amides is 1. The Labute approximate surface area is 124 Å². The predicted molar refractivity (Wildman–Crippen MR) is 80.2 cm³/mol. The number of carbonyl (C=O) groups excluding carboxylic acids is 1. The monoisotopic (exact) mass is 297 g/mol. The van der Waals surface area contributed by atoms with E-state index in [1.807, 2.05) is 25.1 Å². The molecule has 1 saturated heterocycles. The van der Waals surface area contributed by atoms with Gasteiger partial charge in [0.2, 0.25) is 0 Å². The Morgan fingerprint density at radius 1 is 1.60 bits per heavy atom. The molecule has 1 aliphatic heterocycles. The van der Waals surface area contributed by atoms with E-state index in [9.17, 15) is 4.79 Å². The van der Waals surface area contributed by atoms with E-state index < -0.39 is 6.09 Å². The molecule has 3 N–H and O–H groups in total. The number of methoxy groups -OCH3 is 1. The average Bonchev–Trinajstić information content (AvgIpc) is 2.86. The fourth-order valence-electron chi connectivity index (χ4n) is 2.39. The van der Waals surface area contributed by atoms with Gasteiger partial charge in [0.15, 0.2) is 0 Å². The first kappa shape index (κ1) is 14.9. The molecule has 6 heteroatoms. The van der Waals surface area contributed by atoms with Crippen molar-refractivity contribution in [3.8, 4) is 0 Å². The average molecular weight is 298 g/mol. The number of hydrogen-bond acceptors (Lipinski definition) is 4. The zero-order valence-corrected chi connectivity index (χ0v) is 12.5. The highest BCUT2D eigenvalue weighted by molar-refractivity contribution is 6.33. The van der Waals surface area contributed by atoms with Gasteiger partial charge in [-0.2, -0.15) is 0 Å². The fourth-order valence-corrected chi connectivity index (χ4v) is 2.69. The highest BCUT2D eigenvalue weighted by atomic mass is 35.5. The molecule has 2 atom stereocenters. The van der Waals surface area contributed by atoms with Gasteiger partial charge in [-0.15, -0.1) is 0 Å². The fraction of sp³-hybridized carbons (Fsp3) is 0.500. The number of benzene rings is 1. The third-order valence-electron chi connectivity index (χ3n) is 3.53. The van der Waals surface area contributed by atoms with Gasteiger partial charge in [0.25, 0.3) is 0 Å². The molecule has 20 heavy (non-hydrogen) atoms. The van der Waals surface area contributed by atoms with Crippen LogP contribution < -0.4 is 16.0 Å². The van der Waals surface area contributed by atoms with Crippen LogP contribution in [0.2, 0.25) is 5.02 Å². The van der Waals surface area contributed by atoms with Crippen molar-refractivity contribution in [3.05, 3.63) is 28.8 Å². The maximum absolute atomic E-state index is 11.2. The highest BCUT2D eigenvalue weighted by Gasteiger charge is 2.25. The molecule has 2 rings (SSSR count). The number of rotatable bonds is 3. The summed E-state index contributed by atoms with van der Waals surface area (Å²) in [6.45, 7) is 3.51. The number of nitrogens with two attached hydrogens (primary N) is 1. The summed E-state index contributed by atoms with van der Waals surface area (Å²) in [6.07, 6.45) is 0.482. The van der Waals surface area contributed by atoms with E-state index in [2.05, 4.69) is 15.0 Å². The number of carbonyl (C=O) groups is 1. The number of nitrogens with one attached hydrogen (secondary N) is 1. The Kier molecular flexibility index (Phi) is 4.73. The summed E-state index contributed by atoms with van der Waals surface area (Å²) in [5.41, 5.74) is 7.84. The maximum atomic E-state index is 11.2. The second-order valence-electron chi connectivity index (χ2n) is 5.07. The molecule has 0 aromatic heterocycles. The van der Waals surface area contributed by atoms with E-state index in [-0.39, 0.29) is 12.1 Å². The molecule has 1 aliphatic rings. The summed E-state index contributed by atoms with van der Waals surface area (Å²) >= 11 is 6.32. The predicted octanol–water partition coefficient (Wildman–Crippen LogP) is 2.29. The van der Waals surface area contributed by atoms with Gasteiger partial charge in [0, 0.05) is 19.1 Å². The van der Waals surface area contributed by atoms with E-state index in [0.29, 0.717) is 5.02 Å². The number of hydrogen-bond donors (Lipinski definition) is 2. The third-order valence-corrected chi connectivity index (χ3v) is 3.84. The van der Waals surface area contributed by atoms with Gasteiger partial charge in [-0.3, -0.25) is 0 Å². The van der Waals surface area contributed by atoms with E-state index in [1.54, 1.807) is 0 Å². The molecule has 0 saturated carbocycles. The quantitative estimate of drug-likeness (QED) is 0.898. The number of anilines is 1. The van der Waals surface area contributed by atoms with Crippen LogP contribution in [0, 0.1) is 0 Å². The van der Waals surface area contributed by atoms with Crippen LogP contribution in [0.1, 0.15) is 24.9 Å².